The smallest absolute Gasteiger partial charge is 0.239 e. The third-order valence-corrected chi connectivity index (χ3v) is 4.12. The molecule has 0 saturated carbocycles. The molecule has 1 aromatic heterocycles. The first-order valence-electron chi connectivity index (χ1n) is 7.06. The summed E-state index contributed by atoms with van der Waals surface area (Å²) >= 11 is 0. The van der Waals surface area contributed by atoms with Gasteiger partial charge in [0.2, 0.25) is 10.0 Å². The van der Waals surface area contributed by atoms with Crippen LogP contribution in [0.15, 0.2) is 57.0 Å². The third-order valence-electron chi connectivity index (χ3n) is 3.22. The molecule has 0 spiro atoms. The van der Waals surface area contributed by atoms with Gasteiger partial charge in [0, 0.05) is 12.6 Å². The lowest BCUT2D eigenvalue weighted by molar-refractivity contribution is 0.597. The van der Waals surface area contributed by atoms with E-state index < -0.39 is 10.0 Å². The van der Waals surface area contributed by atoms with Gasteiger partial charge < -0.3 is 5.73 Å². The summed E-state index contributed by atoms with van der Waals surface area (Å²) in [4.78, 5) is 12.3. The van der Waals surface area contributed by atoms with Crippen LogP contribution < -0.4 is 10.9 Å². The number of hydrogen-bond acceptors (Lipinski definition) is 4. The Balaban J connectivity index is 2.23. The monoisotopic (exact) mass is 333 g/mol. The molecule has 7 nitrogen and oxygen atoms in total. The maximum atomic E-state index is 11.2. The third kappa shape index (κ3) is 5.11. The molecular formula is C15H19N5O2S. The predicted octanol–water partition coefficient (Wildman–Crippen LogP) is 1.66. The maximum absolute atomic E-state index is 11.2. The van der Waals surface area contributed by atoms with Crippen molar-refractivity contribution in [1.29, 1.82) is 0 Å². The van der Waals surface area contributed by atoms with E-state index in [1.807, 2.05) is 6.08 Å². The first kappa shape index (κ1) is 17.0. The van der Waals surface area contributed by atoms with Crippen molar-refractivity contribution < 1.29 is 8.42 Å². The van der Waals surface area contributed by atoms with Gasteiger partial charge in [0.15, 0.2) is 5.82 Å². The Bertz CT molecular complexity index is 777. The van der Waals surface area contributed by atoms with Gasteiger partial charge in [-0.05, 0) is 30.0 Å². The van der Waals surface area contributed by atoms with Gasteiger partial charge in [0.25, 0.3) is 0 Å². The number of rotatable bonds is 4. The molecule has 2 rings (SSSR count). The molecule has 1 aromatic rings. The van der Waals surface area contributed by atoms with Crippen molar-refractivity contribution in [3.05, 3.63) is 42.1 Å². The lowest BCUT2D eigenvalue weighted by atomic mass is 9.96. The minimum Gasteiger partial charge on any atom is -0.390 e. The SMILES string of the molecule is CC1C=C(CC(N=CN)=Nc2ccc(S(N)(=O)=O)cn2)C=CC1. The molecule has 0 bridgehead atoms. The topological polar surface area (TPSA) is 124 Å². The van der Waals surface area contributed by atoms with Gasteiger partial charge in [0.05, 0.1) is 6.34 Å². The first-order valence-corrected chi connectivity index (χ1v) is 8.61. The maximum Gasteiger partial charge on any atom is 0.239 e. The molecule has 0 aliphatic heterocycles. The predicted molar refractivity (Wildman–Crippen MR) is 91.0 cm³/mol. The number of aliphatic imine (C=N–C) groups is 2. The highest BCUT2D eigenvalue weighted by atomic mass is 32.2. The Labute approximate surface area is 135 Å². The van der Waals surface area contributed by atoms with Crippen LogP contribution in [0, 0.1) is 5.92 Å². The van der Waals surface area contributed by atoms with Crippen molar-refractivity contribution in [3.8, 4) is 0 Å². The first-order chi connectivity index (χ1) is 10.9. The van der Waals surface area contributed by atoms with Crippen molar-refractivity contribution >= 4 is 28.0 Å². The zero-order chi connectivity index (χ0) is 16.9. The zero-order valence-corrected chi connectivity index (χ0v) is 13.6. The Kier molecular flexibility index (Phi) is 5.41. The van der Waals surface area contributed by atoms with E-state index in [1.165, 1.54) is 24.7 Å². The van der Waals surface area contributed by atoms with Gasteiger partial charge in [-0.2, -0.15) is 0 Å². The second-order valence-electron chi connectivity index (χ2n) is 5.24. The van der Waals surface area contributed by atoms with E-state index in [1.54, 1.807) is 0 Å². The molecular weight excluding hydrogens is 314 g/mol. The van der Waals surface area contributed by atoms with Gasteiger partial charge in [-0.25, -0.2) is 28.5 Å². The summed E-state index contributed by atoms with van der Waals surface area (Å²) in [5, 5.41) is 5.03. The number of pyridine rings is 1. The van der Waals surface area contributed by atoms with Crippen LogP contribution >= 0.6 is 0 Å². The molecule has 1 heterocycles. The van der Waals surface area contributed by atoms with E-state index in [2.05, 4.69) is 34.0 Å². The van der Waals surface area contributed by atoms with Crippen LogP contribution in [0.4, 0.5) is 5.82 Å². The van der Waals surface area contributed by atoms with E-state index in [0.717, 1.165) is 12.0 Å². The molecule has 122 valence electrons. The Morgan fingerprint density at radius 2 is 2.26 bits per heavy atom. The lowest BCUT2D eigenvalue weighted by Crippen LogP contribution is -2.12. The summed E-state index contributed by atoms with van der Waals surface area (Å²) in [5.74, 6) is 1.31. The van der Waals surface area contributed by atoms with E-state index in [-0.39, 0.29) is 4.90 Å². The normalized spacial score (nSPS) is 19.1. The molecule has 1 atom stereocenters. The second kappa shape index (κ2) is 7.30. The van der Waals surface area contributed by atoms with Crippen LogP contribution in [0.3, 0.4) is 0 Å². The molecule has 1 unspecified atom stereocenters. The van der Waals surface area contributed by atoms with Crippen LogP contribution in [0.2, 0.25) is 0 Å². The molecule has 4 N–H and O–H groups in total. The highest BCUT2D eigenvalue weighted by Crippen LogP contribution is 2.20. The largest absolute Gasteiger partial charge is 0.390 e. The van der Waals surface area contributed by atoms with Crippen LogP contribution in [0.5, 0.6) is 0 Å². The van der Waals surface area contributed by atoms with Crippen molar-refractivity contribution in [2.45, 2.75) is 24.7 Å². The number of sulfonamides is 1. The second-order valence-corrected chi connectivity index (χ2v) is 6.80. The fourth-order valence-electron chi connectivity index (χ4n) is 2.16. The van der Waals surface area contributed by atoms with Gasteiger partial charge in [-0.3, -0.25) is 0 Å². The fraction of sp³-hybridized carbons (Fsp3) is 0.267. The Hall–Kier alpha value is -2.32. The Morgan fingerprint density at radius 1 is 1.48 bits per heavy atom. The number of aromatic nitrogens is 1. The summed E-state index contributed by atoms with van der Waals surface area (Å²) in [5.41, 5.74) is 6.48. The highest BCUT2D eigenvalue weighted by Gasteiger charge is 2.09. The van der Waals surface area contributed by atoms with Crippen molar-refractivity contribution in [1.82, 2.24) is 4.98 Å². The minimum absolute atomic E-state index is 0.0629. The minimum atomic E-state index is -3.77. The average Bonchev–Trinajstić information content (AvgIpc) is 2.47. The molecule has 0 saturated heterocycles. The van der Waals surface area contributed by atoms with Crippen LogP contribution in [-0.4, -0.2) is 25.6 Å². The Morgan fingerprint density at radius 3 is 2.83 bits per heavy atom. The van der Waals surface area contributed by atoms with Crippen LogP contribution in [-0.2, 0) is 10.0 Å². The van der Waals surface area contributed by atoms with E-state index in [0.29, 0.717) is 24.0 Å². The van der Waals surface area contributed by atoms with Crippen LogP contribution in [0.1, 0.15) is 19.8 Å². The number of nitrogens with two attached hydrogens (primary N) is 2. The molecule has 0 radical (unpaired) electrons. The molecule has 1 aliphatic rings. The summed E-state index contributed by atoms with van der Waals surface area (Å²) in [6.07, 6.45) is 10.2. The van der Waals surface area contributed by atoms with E-state index >= 15 is 0 Å². The molecule has 23 heavy (non-hydrogen) atoms. The van der Waals surface area contributed by atoms with E-state index in [9.17, 15) is 8.42 Å². The van der Waals surface area contributed by atoms with Crippen LogP contribution in [0.25, 0.3) is 0 Å². The summed E-state index contributed by atoms with van der Waals surface area (Å²) in [6.45, 7) is 2.14. The molecule has 0 fully saturated rings. The number of amidine groups is 1. The molecule has 0 amide bonds. The highest BCUT2D eigenvalue weighted by molar-refractivity contribution is 7.89. The fourth-order valence-corrected chi connectivity index (χ4v) is 2.62. The van der Waals surface area contributed by atoms with Crippen molar-refractivity contribution in [3.63, 3.8) is 0 Å². The molecule has 8 heteroatoms. The number of nitrogens with zero attached hydrogens (tertiary/aromatic N) is 3. The molecule has 1 aliphatic carbocycles. The standard InChI is InChI=1S/C15H19N5O2S/c1-11-3-2-4-12(7-11)8-15(19-10-16)20-14-6-5-13(9-18-14)23(17,21)22/h2,4-7,9-11H,3,8H2,1H3,(H2,17,21,22)(H2,16,18,19,20). The lowest BCUT2D eigenvalue weighted by Gasteiger charge is -2.11. The van der Waals surface area contributed by atoms with Gasteiger partial charge in [-0.15, -0.1) is 0 Å². The van der Waals surface area contributed by atoms with Gasteiger partial charge >= 0.3 is 0 Å². The number of primary sulfonamides is 1. The van der Waals surface area contributed by atoms with Crippen molar-refractivity contribution in [2.24, 2.45) is 26.8 Å². The molecule has 0 aromatic carbocycles. The van der Waals surface area contributed by atoms with Gasteiger partial charge in [-0.1, -0.05) is 25.2 Å². The zero-order valence-electron chi connectivity index (χ0n) is 12.8. The quantitative estimate of drug-likeness (QED) is 0.642. The average molecular weight is 333 g/mol. The van der Waals surface area contributed by atoms with E-state index in [4.69, 9.17) is 10.9 Å². The number of allylic oxidation sites excluding steroid dienone is 3. The number of hydrogen-bond donors (Lipinski definition) is 2. The van der Waals surface area contributed by atoms with Crippen molar-refractivity contribution in [2.75, 3.05) is 0 Å². The summed E-state index contributed by atoms with van der Waals surface area (Å²) < 4.78 is 22.4. The summed E-state index contributed by atoms with van der Waals surface area (Å²) in [7, 11) is -3.77. The summed E-state index contributed by atoms with van der Waals surface area (Å²) in [6, 6.07) is 2.83. The van der Waals surface area contributed by atoms with Gasteiger partial charge in [0.1, 0.15) is 10.7 Å².